The van der Waals surface area contributed by atoms with E-state index in [9.17, 15) is 5.11 Å². The van der Waals surface area contributed by atoms with E-state index in [0.29, 0.717) is 6.42 Å². The summed E-state index contributed by atoms with van der Waals surface area (Å²) in [6.07, 6.45) is -0.0166. The van der Waals surface area contributed by atoms with Crippen molar-refractivity contribution in [2.45, 2.75) is 18.6 Å². The zero-order valence-electron chi connectivity index (χ0n) is 10.0. The van der Waals surface area contributed by atoms with Gasteiger partial charge < -0.3 is 9.84 Å². The van der Waals surface area contributed by atoms with E-state index < -0.39 is 6.10 Å². The minimum Gasteiger partial charge on any atom is -0.485 e. The minimum absolute atomic E-state index is 0.100. The molecular formula is C15H12Br2O2. The Labute approximate surface area is 128 Å². The van der Waals surface area contributed by atoms with E-state index in [2.05, 4.69) is 31.9 Å². The first kappa shape index (κ1) is 13.2. The van der Waals surface area contributed by atoms with Gasteiger partial charge in [-0.1, -0.05) is 44.0 Å². The molecule has 1 heterocycles. The van der Waals surface area contributed by atoms with Crippen molar-refractivity contribution in [3.05, 3.63) is 62.5 Å². The molecule has 2 aromatic carbocycles. The smallest absolute Gasteiger partial charge is 0.127 e. The van der Waals surface area contributed by atoms with Gasteiger partial charge in [0.25, 0.3) is 0 Å². The van der Waals surface area contributed by atoms with Crippen LogP contribution in [0.4, 0.5) is 0 Å². The second-order valence-corrected chi connectivity index (χ2v) is 6.42. The average molecular weight is 384 g/mol. The lowest BCUT2D eigenvalue weighted by atomic mass is 9.95. The average Bonchev–Trinajstić information content (AvgIpc) is 2.40. The number of fused-ring (bicyclic) bond motifs is 1. The predicted octanol–water partition coefficient (Wildman–Crippen LogP) is 4.77. The predicted molar refractivity (Wildman–Crippen MR) is 81.2 cm³/mol. The van der Waals surface area contributed by atoms with Gasteiger partial charge in [-0.25, -0.2) is 0 Å². The molecule has 0 fully saturated rings. The van der Waals surface area contributed by atoms with Crippen LogP contribution in [0.25, 0.3) is 0 Å². The van der Waals surface area contributed by atoms with Crippen LogP contribution in [0.1, 0.15) is 29.8 Å². The molecule has 0 aromatic heterocycles. The molecule has 0 radical (unpaired) electrons. The molecule has 2 atom stereocenters. The molecule has 98 valence electrons. The minimum atomic E-state index is -0.491. The molecule has 2 nitrogen and oxygen atoms in total. The largest absolute Gasteiger partial charge is 0.485 e. The first-order valence-electron chi connectivity index (χ1n) is 6.03. The number of halogens is 2. The van der Waals surface area contributed by atoms with E-state index in [0.717, 1.165) is 25.8 Å². The van der Waals surface area contributed by atoms with Crippen molar-refractivity contribution < 1.29 is 9.84 Å². The Morgan fingerprint density at radius 1 is 1.00 bits per heavy atom. The summed E-state index contributed by atoms with van der Waals surface area (Å²) in [5.41, 5.74) is 1.93. The zero-order valence-corrected chi connectivity index (χ0v) is 13.2. The molecule has 1 unspecified atom stereocenters. The fourth-order valence-corrected chi connectivity index (χ4v) is 2.94. The monoisotopic (exact) mass is 382 g/mol. The highest BCUT2D eigenvalue weighted by atomic mass is 79.9. The molecule has 3 rings (SSSR count). The Morgan fingerprint density at radius 2 is 1.68 bits per heavy atom. The van der Waals surface area contributed by atoms with Gasteiger partial charge in [0.15, 0.2) is 0 Å². The van der Waals surface area contributed by atoms with Gasteiger partial charge in [-0.2, -0.15) is 0 Å². The third kappa shape index (κ3) is 2.71. The van der Waals surface area contributed by atoms with Crippen LogP contribution in [0, 0.1) is 0 Å². The number of aliphatic hydroxyl groups excluding tert-OH is 1. The van der Waals surface area contributed by atoms with E-state index in [4.69, 9.17) is 4.74 Å². The van der Waals surface area contributed by atoms with E-state index >= 15 is 0 Å². The summed E-state index contributed by atoms with van der Waals surface area (Å²) >= 11 is 6.83. The van der Waals surface area contributed by atoms with Crippen LogP contribution in [0.5, 0.6) is 5.75 Å². The Balaban J connectivity index is 1.92. The molecule has 1 aliphatic heterocycles. The molecule has 0 saturated heterocycles. The summed E-state index contributed by atoms with van der Waals surface area (Å²) < 4.78 is 7.98. The van der Waals surface area contributed by atoms with E-state index in [-0.39, 0.29) is 6.10 Å². The van der Waals surface area contributed by atoms with Crippen molar-refractivity contribution in [1.29, 1.82) is 0 Å². The lowest BCUT2D eigenvalue weighted by Crippen LogP contribution is -2.18. The van der Waals surface area contributed by atoms with Crippen molar-refractivity contribution in [2.75, 3.05) is 0 Å². The standard InChI is InChI=1S/C15H12Br2O2/c16-10-3-1-9(2-4-10)15-8-13(18)12-7-11(17)5-6-14(12)19-15/h1-7,13,15,18H,8H2/t13-,15?/m0/s1. The highest BCUT2D eigenvalue weighted by molar-refractivity contribution is 9.10. The summed E-state index contributed by atoms with van der Waals surface area (Å²) in [5, 5.41) is 10.3. The van der Waals surface area contributed by atoms with Gasteiger partial charge in [0, 0.05) is 20.9 Å². The maximum atomic E-state index is 10.3. The highest BCUT2D eigenvalue weighted by Gasteiger charge is 2.28. The summed E-state index contributed by atoms with van der Waals surface area (Å²) in [6, 6.07) is 13.8. The van der Waals surface area contributed by atoms with Gasteiger partial charge in [-0.05, 0) is 35.9 Å². The molecular weight excluding hydrogens is 372 g/mol. The van der Waals surface area contributed by atoms with Crippen molar-refractivity contribution >= 4 is 31.9 Å². The number of hydrogen-bond donors (Lipinski definition) is 1. The topological polar surface area (TPSA) is 29.5 Å². The molecule has 0 amide bonds. The van der Waals surface area contributed by atoms with Crippen LogP contribution >= 0.6 is 31.9 Å². The molecule has 1 aliphatic rings. The summed E-state index contributed by atoms with van der Waals surface area (Å²) in [7, 11) is 0. The van der Waals surface area contributed by atoms with Gasteiger partial charge in [0.2, 0.25) is 0 Å². The van der Waals surface area contributed by atoms with Crippen LogP contribution in [0.3, 0.4) is 0 Å². The maximum Gasteiger partial charge on any atom is 0.127 e. The molecule has 2 aromatic rings. The fourth-order valence-electron chi connectivity index (χ4n) is 2.30. The van der Waals surface area contributed by atoms with Crippen molar-refractivity contribution in [1.82, 2.24) is 0 Å². The molecule has 0 saturated carbocycles. The summed E-state index contributed by atoms with van der Waals surface area (Å²) in [4.78, 5) is 0. The fraction of sp³-hybridized carbons (Fsp3) is 0.200. The van der Waals surface area contributed by atoms with Crippen molar-refractivity contribution in [2.24, 2.45) is 0 Å². The maximum absolute atomic E-state index is 10.3. The SMILES string of the molecule is O[C@H]1CC(c2ccc(Br)cc2)Oc2ccc(Br)cc21. The third-order valence-electron chi connectivity index (χ3n) is 3.28. The normalized spacial score (nSPS) is 21.6. The number of rotatable bonds is 1. The molecule has 0 spiro atoms. The Kier molecular flexibility index (Phi) is 3.65. The molecule has 4 heteroatoms. The highest BCUT2D eigenvalue weighted by Crippen LogP contribution is 2.41. The van der Waals surface area contributed by atoms with Gasteiger partial charge in [0.1, 0.15) is 11.9 Å². The molecule has 19 heavy (non-hydrogen) atoms. The quantitative estimate of drug-likeness (QED) is 0.768. The third-order valence-corrected chi connectivity index (χ3v) is 4.30. The number of benzene rings is 2. The van der Waals surface area contributed by atoms with Crippen LogP contribution in [0.2, 0.25) is 0 Å². The molecule has 0 bridgehead atoms. The first-order chi connectivity index (χ1) is 9.13. The van der Waals surface area contributed by atoms with Crippen LogP contribution < -0.4 is 4.74 Å². The second-order valence-electron chi connectivity index (χ2n) is 4.59. The van der Waals surface area contributed by atoms with Gasteiger partial charge in [0.05, 0.1) is 6.10 Å². The summed E-state index contributed by atoms with van der Waals surface area (Å²) in [6.45, 7) is 0. The van der Waals surface area contributed by atoms with Gasteiger partial charge in [-0.15, -0.1) is 0 Å². The van der Waals surface area contributed by atoms with Crippen molar-refractivity contribution in [3.8, 4) is 5.75 Å². The van der Waals surface area contributed by atoms with Crippen LogP contribution in [0.15, 0.2) is 51.4 Å². The Morgan fingerprint density at radius 3 is 2.42 bits per heavy atom. The first-order valence-corrected chi connectivity index (χ1v) is 7.62. The Bertz CT molecular complexity index is 596. The van der Waals surface area contributed by atoms with Crippen molar-refractivity contribution in [3.63, 3.8) is 0 Å². The lowest BCUT2D eigenvalue weighted by molar-refractivity contribution is 0.0657. The van der Waals surface area contributed by atoms with E-state index in [1.807, 2.05) is 42.5 Å². The van der Waals surface area contributed by atoms with Gasteiger partial charge >= 0.3 is 0 Å². The molecule has 0 aliphatic carbocycles. The molecule has 1 N–H and O–H groups in total. The Hall–Kier alpha value is -0.840. The zero-order chi connectivity index (χ0) is 13.4. The number of hydrogen-bond acceptors (Lipinski definition) is 2. The second kappa shape index (κ2) is 5.27. The number of aliphatic hydroxyl groups is 1. The van der Waals surface area contributed by atoms with Gasteiger partial charge in [-0.3, -0.25) is 0 Å². The van der Waals surface area contributed by atoms with E-state index in [1.54, 1.807) is 0 Å². The summed E-state index contributed by atoms with van der Waals surface area (Å²) in [5.74, 6) is 0.759. The van der Waals surface area contributed by atoms with Crippen LogP contribution in [-0.2, 0) is 0 Å². The van der Waals surface area contributed by atoms with E-state index in [1.165, 1.54) is 0 Å². The lowest BCUT2D eigenvalue weighted by Gasteiger charge is -2.30. The number of ether oxygens (including phenoxy) is 1. The van der Waals surface area contributed by atoms with Crippen LogP contribution in [-0.4, -0.2) is 5.11 Å².